The van der Waals surface area contributed by atoms with Crippen molar-refractivity contribution in [3.8, 4) is 5.75 Å². The largest absolute Gasteiger partial charge is 0.482 e. The number of carbonyl (C=O) groups is 1. The van der Waals surface area contributed by atoms with Gasteiger partial charge in [-0.25, -0.2) is 0 Å². The van der Waals surface area contributed by atoms with Crippen molar-refractivity contribution < 1.29 is 9.53 Å². The van der Waals surface area contributed by atoms with E-state index in [9.17, 15) is 4.79 Å². The van der Waals surface area contributed by atoms with Crippen LogP contribution in [0.2, 0.25) is 10.0 Å². The van der Waals surface area contributed by atoms with Crippen molar-refractivity contribution >= 4 is 29.1 Å². The minimum Gasteiger partial charge on any atom is -0.482 e. The maximum atomic E-state index is 11.7. The summed E-state index contributed by atoms with van der Waals surface area (Å²) in [6.07, 6.45) is 2.04. The van der Waals surface area contributed by atoms with Crippen LogP contribution in [0.5, 0.6) is 5.75 Å². The molecule has 0 aliphatic rings. The number of hydrogen-bond acceptors (Lipinski definition) is 3. The molecule has 1 amide bonds. The van der Waals surface area contributed by atoms with Crippen molar-refractivity contribution in [1.29, 1.82) is 0 Å². The van der Waals surface area contributed by atoms with Crippen LogP contribution in [0.25, 0.3) is 0 Å². The van der Waals surface area contributed by atoms with Crippen molar-refractivity contribution in [3.63, 3.8) is 0 Å². The van der Waals surface area contributed by atoms with Gasteiger partial charge < -0.3 is 15.0 Å². The number of benzene rings is 1. The van der Waals surface area contributed by atoms with Crippen molar-refractivity contribution in [2.75, 3.05) is 32.8 Å². The molecule has 1 aromatic carbocycles. The topological polar surface area (TPSA) is 41.6 Å². The van der Waals surface area contributed by atoms with Gasteiger partial charge in [-0.05, 0) is 50.7 Å². The molecular formula is C16H24Cl2N2O2. The lowest BCUT2D eigenvalue weighted by molar-refractivity contribution is -0.123. The molecule has 0 fully saturated rings. The molecule has 0 unspecified atom stereocenters. The van der Waals surface area contributed by atoms with Gasteiger partial charge in [-0.1, -0.05) is 37.0 Å². The van der Waals surface area contributed by atoms with Gasteiger partial charge in [-0.3, -0.25) is 4.79 Å². The molecular weight excluding hydrogens is 323 g/mol. The highest BCUT2D eigenvalue weighted by Gasteiger charge is 2.06. The Morgan fingerprint density at radius 2 is 1.95 bits per heavy atom. The van der Waals surface area contributed by atoms with Crippen LogP contribution in [0.1, 0.15) is 26.7 Å². The highest BCUT2D eigenvalue weighted by Crippen LogP contribution is 2.27. The van der Waals surface area contributed by atoms with Gasteiger partial charge in [-0.15, -0.1) is 0 Å². The van der Waals surface area contributed by atoms with Gasteiger partial charge in [0.2, 0.25) is 0 Å². The standard InChI is InChI=1S/C16H24Cl2N2O2/c1-3-20(4-2)10-6-5-9-19-16(21)12-22-15-8-7-13(17)11-14(15)18/h7-8,11H,3-6,9-10,12H2,1-2H3,(H,19,21). The molecule has 0 saturated carbocycles. The maximum Gasteiger partial charge on any atom is 0.257 e. The van der Waals surface area contributed by atoms with Gasteiger partial charge >= 0.3 is 0 Å². The number of hydrogen-bond donors (Lipinski definition) is 1. The van der Waals surface area contributed by atoms with Crippen molar-refractivity contribution in [1.82, 2.24) is 10.2 Å². The zero-order chi connectivity index (χ0) is 16.4. The van der Waals surface area contributed by atoms with Crippen molar-refractivity contribution in [2.24, 2.45) is 0 Å². The van der Waals surface area contributed by atoms with Gasteiger partial charge in [0.1, 0.15) is 5.75 Å². The normalized spacial score (nSPS) is 10.8. The number of unbranched alkanes of at least 4 members (excludes halogenated alkanes) is 1. The lowest BCUT2D eigenvalue weighted by Gasteiger charge is -2.17. The SMILES string of the molecule is CCN(CC)CCCCNC(=O)COc1ccc(Cl)cc1Cl. The van der Waals surface area contributed by atoms with E-state index in [1.54, 1.807) is 18.2 Å². The van der Waals surface area contributed by atoms with Crippen LogP contribution in [0.15, 0.2) is 18.2 Å². The average Bonchev–Trinajstić information content (AvgIpc) is 2.50. The van der Waals surface area contributed by atoms with Crippen LogP contribution in [-0.2, 0) is 4.79 Å². The van der Waals surface area contributed by atoms with Crippen LogP contribution in [0.4, 0.5) is 0 Å². The first kappa shape index (κ1) is 19.1. The molecule has 0 spiro atoms. The molecule has 0 bridgehead atoms. The monoisotopic (exact) mass is 346 g/mol. The highest BCUT2D eigenvalue weighted by atomic mass is 35.5. The number of ether oxygens (including phenoxy) is 1. The molecule has 0 saturated heterocycles. The lowest BCUT2D eigenvalue weighted by atomic mass is 10.3. The third kappa shape index (κ3) is 7.34. The third-order valence-electron chi connectivity index (χ3n) is 3.37. The third-order valence-corrected chi connectivity index (χ3v) is 3.90. The zero-order valence-corrected chi connectivity index (χ0v) is 14.7. The van der Waals surface area contributed by atoms with Gasteiger partial charge in [0.25, 0.3) is 5.91 Å². The molecule has 22 heavy (non-hydrogen) atoms. The van der Waals surface area contributed by atoms with Crippen LogP contribution in [-0.4, -0.2) is 43.6 Å². The predicted molar refractivity (Wildman–Crippen MR) is 92.0 cm³/mol. The molecule has 6 heteroatoms. The molecule has 0 aliphatic heterocycles. The lowest BCUT2D eigenvalue weighted by Crippen LogP contribution is -2.30. The first-order valence-electron chi connectivity index (χ1n) is 7.63. The second-order valence-electron chi connectivity index (χ2n) is 4.95. The van der Waals surface area contributed by atoms with Crippen LogP contribution >= 0.6 is 23.2 Å². The van der Waals surface area contributed by atoms with Crippen molar-refractivity contribution in [3.05, 3.63) is 28.2 Å². The molecule has 1 aromatic rings. The van der Waals surface area contributed by atoms with Crippen LogP contribution < -0.4 is 10.1 Å². The number of carbonyl (C=O) groups excluding carboxylic acids is 1. The van der Waals surface area contributed by atoms with E-state index in [1.165, 1.54) is 0 Å². The number of halogens is 2. The molecule has 1 N–H and O–H groups in total. The van der Waals surface area contributed by atoms with Crippen molar-refractivity contribution in [2.45, 2.75) is 26.7 Å². The molecule has 1 rings (SSSR count). The van der Waals surface area contributed by atoms with Crippen LogP contribution in [0.3, 0.4) is 0 Å². The average molecular weight is 347 g/mol. The zero-order valence-electron chi connectivity index (χ0n) is 13.2. The number of rotatable bonds is 10. The van der Waals surface area contributed by atoms with E-state index in [2.05, 4.69) is 24.1 Å². The fraction of sp³-hybridized carbons (Fsp3) is 0.562. The highest BCUT2D eigenvalue weighted by molar-refractivity contribution is 6.35. The van der Waals surface area contributed by atoms with E-state index < -0.39 is 0 Å². The second-order valence-corrected chi connectivity index (χ2v) is 5.79. The Labute approximate surface area is 142 Å². The minimum atomic E-state index is -0.145. The Bertz CT molecular complexity index is 465. The molecule has 0 radical (unpaired) electrons. The first-order valence-corrected chi connectivity index (χ1v) is 8.39. The fourth-order valence-electron chi connectivity index (χ4n) is 2.01. The number of amides is 1. The van der Waals surface area contributed by atoms with E-state index in [-0.39, 0.29) is 12.5 Å². The fourth-order valence-corrected chi connectivity index (χ4v) is 2.48. The summed E-state index contributed by atoms with van der Waals surface area (Å²) in [6, 6.07) is 4.92. The molecule has 0 aromatic heterocycles. The van der Waals surface area contributed by atoms with E-state index >= 15 is 0 Å². The Balaban J connectivity index is 2.16. The van der Waals surface area contributed by atoms with Crippen LogP contribution in [0, 0.1) is 0 Å². The summed E-state index contributed by atoms with van der Waals surface area (Å²) in [5, 5.41) is 3.78. The van der Waals surface area contributed by atoms with E-state index in [0.717, 1.165) is 32.5 Å². The maximum absolute atomic E-state index is 11.7. The Morgan fingerprint density at radius 3 is 2.59 bits per heavy atom. The van der Waals surface area contributed by atoms with Gasteiger partial charge in [0.05, 0.1) is 5.02 Å². The number of nitrogens with zero attached hydrogens (tertiary/aromatic N) is 1. The quantitative estimate of drug-likeness (QED) is 0.658. The number of nitrogens with one attached hydrogen (secondary N) is 1. The summed E-state index contributed by atoms with van der Waals surface area (Å²) in [5.74, 6) is 0.316. The van der Waals surface area contributed by atoms with Gasteiger partial charge in [0, 0.05) is 11.6 Å². The molecule has 0 atom stereocenters. The Morgan fingerprint density at radius 1 is 1.23 bits per heavy atom. The van der Waals surface area contributed by atoms with E-state index in [1.807, 2.05) is 0 Å². The predicted octanol–water partition coefficient (Wildman–Crippen LogP) is 3.61. The summed E-state index contributed by atoms with van der Waals surface area (Å²) in [7, 11) is 0. The first-order chi connectivity index (χ1) is 10.6. The molecule has 0 heterocycles. The molecule has 0 aliphatic carbocycles. The molecule has 124 valence electrons. The summed E-state index contributed by atoms with van der Waals surface area (Å²) >= 11 is 11.8. The van der Waals surface area contributed by atoms with Gasteiger partial charge in [0.15, 0.2) is 6.61 Å². The van der Waals surface area contributed by atoms with E-state index in [0.29, 0.717) is 22.3 Å². The second kappa shape index (κ2) is 10.7. The molecule has 4 nitrogen and oxygen atoms in total. The van der Waals surface area contributed by atoms with E-state index in [4.69, 9.17) is 27.9 Å². The summed E-state index contributed by atoms with van der Waals surface area (Å²) < 4.78 is 5.37. The minimum absolute atomic E-state index is 0.0442. The Kier molecular flexibility index (Phi) is 9.28. The summed E-state index contributed by atoms with van der Waals surface area (Å²) in [5.41, 5.74) is 0. The van der Waals surface area contributed by atoms with Gasteiger partial charge in [-0.2, -0.15) is 0 Å². The Hall–Kier alpha value is -0.970. The summed E-state index contributed by atoms with van der Waals surface area (Å²) in [4.78, 5) is 14.1. The summed E-state index contributed by atoms with van der Waals surface area (Å²) in [6.45, 7) is 8.14. The smallest absolute Gasteiger partial charge is 0.257 e.